The highest BCUT2D eigenvalue weighted by molar-refractivity contribution is 5.77. The average Bonchev–Trinajstić information content (AvgIpc) is 2.78. The van der Waals surface area contributed by atoms with E-state index in [0.717, 1.165) is 18.5 Å². The zero-order valence-corrected chi connectivity index (χ0v) is 10.7. The van der Waals surface area contributed by atoms with Crippen LogP contribution in [-0.4, -0.2) is 34.6 Å². The van der Waals surface area contributed by atoms with Gasteiger partial charge in [-0.2, -0.15) is 0 Å². The van der Waals surface area contributed by atoms with Gasteiger partial charge in [0.2, 0.25) is 0 Å². The van der Waals surface area contributed by atoms with E-state index < -0.39 is 11.5 Å². The third kappa shape index (κ3) is 2.38. The predicted octanol–water partition coefficient (Wildman–Crippen LogP) is 2.48. The number of halogens is 1. The first-order chi connectivity index (χ1) is 8.41. The van der Waals surface area contributed by atoms with Gasteiger partial charge in [0, 0.05) is 6.54 Å². The summed E-state index contributed by atoms with van der Waals surface area (Å²) in [5.74, 6) is -0.829. The maximum Gasteiger partial charge on any atom is 0.323 e. The first-order valence-corrected chi connectivity index (χ1v) is 6.15. The van der Waals surface area contributed by atoms with Crippen LogP contribution in [-0.2, 0) is 4.79 Å². The van der Waals surface area contributed by atoms with Crippen molar-refractivity contribution in [3.8, 4) is 0 Å². The normalized spacial score (nSPS) is 21.2. The first kappa shape index (κ1) is 13.0. The van der Waals surface area contributed by atoms with Crippen LogP contribution in [0.3, 0.4) is 0 Å². The molecule has 0 bridgehead atoms. The number of benzene rings is 1. The van der Waals surface area contributed by atoms with Crippen molar-refractivity contribution in [1.82, 2.24) is 4.90 Å². The van der Waals surface area contributed by atoms with E-state index in [0.29, 0.717) is 6.54 Å². The quantitative estimate of drug-likeness (QED) is 0.897. The van der Waals surface area contributed by atoms with Crippen LogP contribution in [0.25, 0.3) is 0 Å². The molecule has 1 aromatic carbocycles. The number of hydrogen-bond donors (Lipinski definition) is 1. The topological polar surface area (TPSA) is 40.5 Å². The molecule has 1 aliphatic heterocycles. The van der Waals surface area contributed by atoms with Crippen LogP contribution < -0.4 is 0 Å². The van der Waals surface area contributed by atoms with Crippen LogP contribution in [0.5, 0.6) is 0 Å². The molecule has 1 fully saturated rings. The Hall–Kier alpha value is -1.42. The van der Waals surface area contributed by atoms with E-state index in [1.165, 1.54) is 6.07 Å². The lowest BCUT2D eigenvalue weighted by molar-refractivity contribution is -0.148. The maximum absolute atomic E-state index is 13.2. The summed E-state index contributed by atoms with van der Waals surface area (Å²) in [7, 11) is 0. The van der Waals surface area contributed by atoms with Gasteiger partial charge in [0.1, 0.15) is 11.4 Å². The molecule has 1 atom stereocenters. The summed E-state index contributed by atoms with van der Waals surface area (Å²) in [5, 5.41) is 9.20. The predicted molar refractivity (Wildman–Crippen MR) is 67.0 cm³/mol. The van der Waals surface area contributed by atoms with Crippen molar-refractivity contribution in [2.75, 3.05) is 13.1 Å². The molecule has 2 rings (SSSR count). The summed E-state index contributed by atoms with van der Waals surface area (Å²) in [6.45, 7) is 4.83. The van der Waals surface area contributed by atoms with E-state index in [1.807, 2.05) is 11.0 Å². The Morgan fingerprint density at radius 3 is 2.83 bits per heavy atom. The van der Waals surface area contributed by atoms with Crippen molar-refractivity contribution in [2.24, 2.45) is 0 Å². The van der Waals surface area contributed by atoms with Gasteiger partial charge in [-0.05, 0) is 50.4 Å². The molecule has 3 nitrogen and oxygen atoms in total. The minimum atomic E-state index is -0.859. The smallest absolute Gasteiger partial charge is 0.323 e. The molecular formula is C14H18FNO2. The molecule has 0 spiro atoms. The Labute approximate surface area is 106 Å². The molecule has 0 amide bonds. The van der Waals surface area contributed by atoms with Crippen molar-refractivity contribution in [1.29, 1.82) is 0 Å². The van der Waals surface area contributed by atoms with E-state index in [-0.39, 0.29) is 11.7 Å². The summed E-state index contributed by atoms with van der Waals surface area (Å²) >= 11 is 0. The van der Waals surface area contributed by atoms with Crippen LogP contribution in [0.1, 0.15) is 31.7 Å². The van der Waals surface area contributed by atoms with Crippen LogP contribution in [0.4, 0.5) is 4.39 Å². The molecule has 1 aromatic rings. The summed E-state index contributed by atoms with van der Waals surface area (Å²) in [5.41, 5.74) is 0.0981. The molecule has 1 unspecified atom stereocenters. The number of hydrogen-bond acceptors (Lipinski definition) is 2. The Balaban J connectivity index is 2.11. The van der Waals surface area contributed by atoms with Gasteiger partial charge in [0.05, 0.1) is 0 Å². The Kier molecular flexibility index (Phi) is 3.39. The number of aliphatic carboxylic acids is 1. The van der Waals surface area contributed by atoms with Crippen LogP contribution in [0.15, 0.2) is 24.3 Å². The van der Waals surface area contributed by atoms with E-state index in [1.54, 1.807) is 26.0 Å². The molecule has 0 radical (unpaired) electrons. The molecule has 18 heavy (non-hydrogen) atoms. The fraction of sp³-hybridized carbons (Fsp3) is 0.500. The number of carbonyl (C=O) groups is 1. The zero-order valence-electron chi connectivity index (χ0n) is 10.7. The van der Waals surface area contributed by atoms with Gasteiger partial charge in [0.25, 0.3) is 0 Å². The second-order valence-corrected chi connectivity index (χ2v) is 5.35. The molecule has 98 valence electrons. The van der Waals surface area contributed by atoms with Gasteiger partial charge in [-0.25, -0.2) is 4.39 Å². The molecule has 1 N–H and O–H groups in total. The van der Waals surface area contributed by atoms with Crippen molar-refractivity contribution >= 4 is 5.97 Å². The second kappa shape index (κ2) is 4.69. The highest BCUT2D eigenvalue weighted by atomic mass is 19.1. The molecule has 0 aliphatic carbocycles. The van der Waals surface area contributed by atoms with E-state index >= 15 is 0 Å². The number of likely N-dealkylation sites (tertiary alicyclic amines) is 1. The third-order valence-corrected chi connectivity index (χ3v) is 3.82. The third-order valence-electron chi connectivity index (χ3n) is 3.82. The van der Waals surface area contributed by atoms with Crippen LogP contribution in [0.2, 0.25) is 0 Å². The van der Waals surface area contributed by atoms with Gasteiger partial charge in [-0.15, -0.1) is 0 Å². The van der Waals surface area contributed by atoms with Crippen molar-refractivity contribution in [2.45, 2.75) is 31.7 Å². The van der Waals surface area contributed by atoms with Gasteiger partial charge in [-0.1, -0.05) is 12.1 Å². The second-order valence-electron chi connectivity index (χ2n) is 5.35. The van der Waals surface area contributed by atoms with Crippen molar-refractivity contribution in [3.63, 3.8) is 0 Å². The van der Waals surface area contributed by atoms with Gasteiger partial charge < -0.3 is 5.11 Å². The Bertz CT molecular complexity index is 459. The lowest BCUT2D eigenvalue weighted by Crippen LogP contribution is -2.48. The maximum atomic E-state index is 13.2. The fourth-order valence-electron chi connectivity index (χ4n) is 2.44. The number of carboxylic acids is 1. The molecule has 4 heteroatoms. The van der Waals surface area contributed by atoms with E-state index in [2.05, 4.69) is 0 Å². The monoisotopic (exact) mass is 251 g/mol. The molecule has 1 saturated heterocycles. The number of carboxylic acid groups (broad SMARTS) is 1. The Morgan fingerprint density at radius 1 is 1.50 bits per heavy atom. The molecule has 0 saturated carbocycles. The van der Waals surface area contributed by atoms with E-state index in [9.17, 15) is 14.3 Å². The van der Waals surface area contributed by atoms with Crippen molar-refractivity contribution < 1.29 is 14.3 Å². The lowest BCUT2D eigenvalue weighted by atomic mass is 9.98. The molecular weight excluding hydrogens is 233 g/mol. The minimum absolute atomic E-state index is 0.222. The summed E-state index contributed by atoms with van der Waals surface area (Å²) < 4.78 is 13.2. The summed E-state index contributed by atoms with van der Waals surface area (Å²) in [6, 6.07) is 6.58. The van der Waals surface area contributed by atoms with E-state index in [4.69, 9.17) is 0 Å². The van der Waals surface area contributed by atoms with Gasteiger partial charge >= 0.3 is 5.97 Å². The standard InChI is InChI=1S/C14H18FNO2/c1-14(2,13(17)18)16-7-6-11(9-16)10-4-3-5-12(15)8-10/h3-5,8,11H,6-7,9H2,1-2H3,(H,17,18). The number of nitrogens with zero attached hydrogens (tertiary/aromatic N) is 1. The van der Waals surface area contributed by atoms with Gasteiger partial charge in [-0.3, -0.25) is 9.69 Å². The first-order valence-electron chi connectivity index (χ1n) is 6.15. The summed E-state index contributed by atoms with van der Waals surface area (Å²) in [4.78, 5) is 13.2. The van der Waals surface area contributed by atoms with Crippen LogP contribution >= 0.6 is 0 Å². The largest absolute Gasteiger partial charge is 0.480 e. The Morgan fingerprint density at radius 2 is 2.22 bits per heavy atom. The minimum Gasteiger partial charge on any atom is -0.480 e. The SMILES string of the molecule is CC(C)(C(=O)O)N1CCC(c2cccc(F)c2)C1. The van der Waals surface area contributed by atoms with Crippen molar-refractivity contribution in [3.05, 3.63) is 35.6 Å². The lowest BCUT2D eigenvalue weighted by Gasteiger charge is -2.31. The highest BCUT2D eigenvalue weighted by Gasteiger charge is 2.39. The fourth-order valence-corrected chi connectivity index (χ4v) is 2.44. The highest BCUT2D eigenvalue weighted by Crippen LogP contribution is 2.31. The molecule has 0 aromatic heterocycles. The zero-order chi connectivity index (χ0) is 13.3. The summed E-state index contributed by atoms with van der Waals surface area (Å²) in [6.07, 6.45) is 0.875. The molecule has 1 aliphatic rings. The van der Waals surface area contributed by atoms with Gasteiger partial charge in [0.15, 0.2) is 0 Å². The number of rotatable bonds is 3. The molecule has 1 heterocycles. The average molecular weight is 251 g/mol. The van der Waals surface area contributed by atoms with Crippen LogP contribution in [0, 0.1) is 5.82 Å².